The van der Waals surface area contributed by atoms with Gasteiger partial charge in [0.05, 0.1) is 7.11 Å². The molecule has 2 N–H and O–H groups in total. The molecular formula is C26H23N3O4S. The summed E-state index contributed by atoms with van der Waals surface area (Å²) in [7, 11) is 1.58. The number of carbonyl (C=O) groups is 2. The number of nitrogens with zero attached hydrogens (tertiary/aromatic N) is 1. The molecule has 7 nitrogen and oxygen atoms in total. The first-order chi connectivity index (χ1) is 16.5. The lowest BCUT2D eigenvalue weighted by molar-refractivity contribution is -0.115. The summed E-state index contributed by atoms with van der Waals surface area (Å²) in [5.74, 6) is 1.20. The zero-order valence-electron chi connectivity index (χ0n) is 18.6. The lowest BCUT2D eigenvalue weighted by Gasteiger charge is -2.17. The summed E-state index contributed by atoms with van der Waals surface area (Å²) in [5.41, 5.74) is 1.99. The average Bonchev–Trinajstić information content (AvgIpc) is 3.27. The average molecular weight is 474 g/mol. The molecule has 0 spiro atoms. The molecule has 0 radical (unpaired) electrons. The molecule has 0 aliphatic carbocycles. The van der Waals surface area contributed by atoms with Gasteiger partial charge in [-0.15, -0.1) is 11.8 Å². The fourth-order valence-corrected chi connectivity index (χ4v) is 4.33. The van der Waals surface area contributed by atoms with E-state index in [-0.39, 0.29) is 11.8 Å². The molecule has 0 saturated heterocycles. The molecule has 1 aromatic heterocycles. The standard InChI is InChI=1S/C26H23N3O4S/c1-17-15-23(29-33-17)28-26(31)24(18-7-4-3-5-8-18)34-22-10-6-9-20(16-22)27-25(30)19-11-13-21(32-2)14-12-19/h3-16,24H,1-2H3,(H,27,30)(H,28,29,31). The van der Waals surface area contributed by atoms with Crippen LogP contribution in [-0.2, 0) is 4.79 Å². The Balaban J connectivity index is 1.51. The van der Waals surface area contributed by atoms with Crippen molar-refractivity contribution in [2.24, 2.45) is 0 Å². The molecule has 172 valence electrons. The van der Waals surface area contributed by atoms with E-state index in [0.29, 0.717) is 28.6 Å². The van der Waals surface area contributed by atoms with Crippen molar-refractivity contribution < 1.29 is 18.8 Å². The van der Waals surface area contributed by atoms with E-state index in [1.165, 1.54) is 11.8 Å². The minimum atomic E-state index is -0.536. The maximum atomic E-state index is 13.1. The van der Waals surface area contributed by atoms with Gasteiger partial charge in [-0.25, -0.2) is 0 Å². The van der Waals surface area contributed by atoms with E-state index in [0.717, 1.165) is 10.5 Å². The summed E-state index contributed by atoms with van der Waals surface area (Å²) in [5, 5.41) is 9.04. The molecule has 3 aromatic carbocycles. The normalized spacial score (nSPS) is 11.5. The van der Waals surface area contributed by atoms with Crippen molar-refractivity contribution in [1.29, 1.82) is 0 Å². The number of hydrogen-bond acceptors (Lipinski definition) is 6. The van der Waals surface area contributed by atoms with Crippen LogP contribution in [0.5, 0.6) is 5.75 Å². The van der Waals surface area contributed by atoms with E-state index < -0.39 is 5.25 Å². The Morgan fingerprint density at radius 1 is 0.941 bits per heavy atom. The highest BCUT2D eigenvalue weighted by Crippen LogP contribution is 2.37. The van der Waals surface area contributed by atoms with E-state index in [1.54, 1.807) is 50.4 Å². The van der Waals surface area contributed by atoms with Gasteiger partial charge in [0.15, 0.2) is 5.82 Å². The van der Waals surface area contributed by atoms with Crippen LogP contribution in [0.3, 0.4) is 0 Å². The van der Waals surface area contributed by atoms with Crippen LogP contribution in [0.15, 0.2) is 94.3 Å². The minimum Gasteiger partial charge on any atom is -0.497 e. The van der Waals surface area contributed by atoms with Crippen LogP contribution in [0.25, 0.3) is 0 Å². The van der Waals surface area contributed by atoms with Gasteiger partial charge >= 0.3 is 0 Å². The van der Waals surface area contributed by atoms with Crippen molar-refractivity contribution in [2.45, 2.75) is 17.1 Å². The summed E-state index contributed by atoms with van der Waals surface area (Å²) in [6.07, 6.45) is 0. The monoisotopic (exact) mass is 473 g/mol. The second-order valence-electron chi connectivity index (χ2n) is 7.43. The fourth-order valence-electron chi connectivity index (χ4n) is 3.25. The van der Waals surface area contributed by atoms with Gasteiger partial charge < -0.3 is 19.9 Å². The van der Waals surface area contributed by atoms with Crippen LogP contribution >= 0.6 is 11.8 Å². The lowest BCUT2D eigenvalue weighted by Crippen LogP contribution is -2.19. The fraction of sp³-hybridized carbons (Fsp3) is 0.115. The van der Waals surface area contributed by atoms with E-state index in [9.17, 15) is 9.59 Å². The van der Waals surface area contributed by atoms with Gasteiger partial charge in [-0.3, -0.25) is 9.59 Å². The molecule has 1 unspecified atom stereocenters. The summed E-state index contributed by atoms with van der Waals surface area (Å²) >= 11 is 1.38. The Hall–Kier alpha value is -4.04. The van der Waals surface area contributed by atoms with Crippen LogP contribution in [0.2, 0.25) is 0 Å². The van der Waals surface area contributed by atoms with Crippen molar-refractivity contribution in [2.75, 3.05) is 17.7 Å². The number of thioether (sulfide) groups is 1. The van der Waals surface area contributed by atoms with E-state index >= 15 is 0 Å². The SMILES string of the molecule is COc1ccc(C(=O)Nc2cccc(SC(C(=O)Nc3cc(C)on3)c3ccccc3)c2)cc1. The Bertz CT molecular complexity index is 1270. The Morgan fingerprint density at radius 2 is 1.71 bits per heavy atom. The van der Waals surface area contributed by atoms with Gasteiger partial charge in [0.2, 0.25) is 5.91 Å². The van der Waals surface area contributed by atoms with Crippen LogP contribution in [-0.4, -0.2) is 24.1 Å². The number of amides is 2. The van der Waals surface area contributed by atoms with Gasteiger partial charge in [-0.2, -0.15) is 0 Å². The molecule has 4 rings (SSSR count). The van der Waals surface area contributed by atoms with Crippen LogP contribution in [0.4, 0.5) is 11.5 Å². The molecule has 0 fully saturated rings. The maximum absolute atomic E-state index is 13.1. The van der Waals surface area contributed by atoms with Crippen LogP contribution < -0.4 is 15.4 Å². The van der Waals surface area contributed by atoms with Crippen molar-refractivity contribution in [3.05, 3.63) is 102 Å². The molecule has 0 bridgehead atoms. The van der Waals surface area contributed by atoms with Gasteiger partial charge in [0.1, 0.15) is 16.8 Å². The molecular weight excluding hydrogens is 450 g/mol. The number of methoxy groups -OCH3 is 1. The molecule has 1 heterocycles. The van der Waals surface area contributed by atoms with Crippen molar-refractivity contribution >= 4 is 35.1 Å². The topological polar surface area (TPSA) is 93.5 Å². The number of anilines is 2. The molecule has 0 aliphatic rings. The number of rotatable bonds is 8. The minimum absolute atomic E-state index is 0.225. The number of aromatic nitrogens is 1. The summed E-state index contributed by atoms with van der Waals surface area (Å²) in [6, 6.07) is 25.4. The molecule has 0 aliphatic heterocycles. The van der Waals surface area contributed by atoms with Crippen molar-refractivity contribution in [1.82, 2.24) is 5.16 Å². The summed E-state index contributed by atoms with van der Waals surface area (Å²) < 4.78 is 10.2. The Morgan fingerprint density at radius 3 is 2.38 bits per heavy atom. The van der Waals surface area contributed by atoms with Crippen LogP contribution in [0, 0.1) is 6.92 Å². The van der Waals surface area contributed by atoms with Gasteiger partial charge in [0, 0.05) is 22.2 Å². The molecule has 1 atom stereocenters. The third kappa shape index (κ3) is 5.85. The highest BCUT2D eigenvalue weighted by molar-refractivity contribution is 8.00. The summed E-state index contributed by atoms with van der Waals surface area (Å²) in [6.45, 7) is 1.76. The van der Waals surface area contributed by atoms with Gasteiger partial charge in [-0.05, 0) is 55.0 Å². The molecule has 0 saturated carbocycles. The predicted octanol–water partition coefficient (Wildman–Crippen LogP) is 5.72. The third-order valence-corrected chi connectivity index (χ3v) is 6.17. The highest BCUT2D eigenvalue weighted by atomic mass is 32.2. The second kappa shape index (κ2) is 10.7. The molecule has 8 heteroatoms. The number of ether oxygens (including phenoxy) is 1. The first-order valence-electron chi connectivity index (χ1n) is 10.5. The highest BCUT2D eigenvalue weighted by Gasteiger charge is 2.23. The molecule has 34 heavy (non-hydrogen) atoms. The zero-order chi connectivity index (χ0) is 23.9. The molecule has 4 aromatic rings. The van der Waals surface area contributed by atoms with Crippen molar-refractivity contribution in [3.8, 4) is 5.75 Å². The first-order valence-corrected chi connectivity index (χ1v) is 11.4. The smallest absolute Gasteiger partial charge is 0.255 e. The Kier molecular flexibility index (Phi) is 7.29. The predicted molar refractivity (Wildman–Crippen MR) is 132 cm³/mol. The Labute approximate surface area is 201 Å². The maximum Gasteiger partial charge on any atom is 0.255 e. The van der Waals surface area contributed by atoms with E-state index in [2.05, 4.69) is 15.8 Å². The van der Waals surface area contributed by atoms with E-state index in [1.807, 2.05) is 48.5 Å². The lowest BCUT2D eigenvalue weighted by atomic mass is 10.1. The number of hydrogen-bond donors (Lipinski definition) is 2. The van der Waals surface area contributed by atoms with E-state index in [4.69, 9.17) is 9.26 Å². The van der Waals surface area contributed by atoms with Crippen LogP contribution in [0.1, 0.15) is 26.9 Å². The number of nitrogens with one attached hydrogen (secondary N) is 2. The first kappa shape index (κ1) is 23.1. The quantitative estimate of drug-likeness (QED) is 0.318. The number of carbonyl (C=O) groups excluding carboxylic acids is 2. The third-order valence-electron chi connectivity index (χ3n) is 4.92. The zero-order valence-corrected chi connectivity index (χ0v) is 19.5. The van der Waals surface area contributed by atoms with Crippen molar-refractivity contribution in [3.63, 3.8) is 0 Å². The van der Waals surface area contributed by atoms with Gasteiger partial charge in [0.25, 0.3) is 5.91 Å². The summed E-state index contributed by atoms with van der Waals surface area (Å²) in [4.78, 5) is 26.6. The molecule has 2 amide bonds. The number of benzene rings is 3. The number of aryl methyl sites for hydroxylation is 1. The second-order valence-corrected chi connectivity index (χ2v) is 8.61. The van der Waals surface area contributed by atoms with Gasteiger partial charge in [-0.1, -0.05) is 41.6 Å². The largest absolute Gasteiger partial charge is 0.497 e.